The van der Waals surface area contributed by atoms with Gasteiger partial charge in [-0.15, -0.1) is 6.58 Å². The number of nitrogens with zero attached hydrogens (tertiary/aromatic N) is 1. The van der Waals surface area contributed by atoms with Crippen molar-refractivity contribution < 1.29 is 13.5 Å². The Labute approximate surface area is 131 Å². The SMILES string of the molecule is C=C[C@@]1(C)/C(=N/NS(=O)(=O)c2ccc(C)cc2)CCC[C@@H]1O. The Balaban J connectivity index is 2.26. The molecule has 1 aliphatic carbocycles. The highest BCUT2D eigenvalue weighted by atomic mass is 32.2. The fourth-order valence-corrected chi connectivity index (χ4v) is 3.37. The zero-order valence-electron chi connectivity index (χ0n) is 12.9. The second kappa shape index (κ2) is 6.22. The standard InChI is InChI=1S/C16H22N2O3S/c1-4-16(3)14(6-5-7-15(16)19)17-18-22(20,21)13-10-8-12(2)9-11-13/h4,8-11,15,18-19H,1,5-7H2,2-3H3/b17-14+/t15-,16-/m0/s1. The molecule has 2 atom stereocenters. The zero-order chi connectivity index (χ0) is 16.4. The molecule has 0 aliphatic heterocycles. The minimum Gasteiger partial charge on any atom is -0.392 e. The first-order valence-electron chi connectivity index (χ1n) is 7.27. The van der Waals surface area contributed by atoms with Crippen LogP contribution in [0, 0.1) is 12.3 Å². The van der Waals surface area contributed by atoms with Gasteiger partial charge in [-0.05, 0) is 45.2 Å². The van der Waals surface area contributed by atoms with Crippen molar-refractivity contribution in [2.24, 2.45) is 10.5 Å². The Hall–Kier alpha value is -1.66. The summed E-state index contributed by atoms with van der Waals surface area (Å²) in [6.07, 6.45) is 3.11. The van der Waals surface area contributed by atoms with Crippen LogP contribution in [0.1, 0.15) is 31.7 Å². The number of aryl methyl sites for hydroxylation is 1. The van der Waals surface area contributed by atoms with Gasteiger partial charge in [0.15, 0.2) is 0 Å². The normalized spacial score (nSPS) is 27.6. The summed E-state index contributed by atoms with van der Waals surface area (Å²) in [5.41, 5.74) is 0.894. The van der Waals surface area contributed by atoms with Gasteiger partial charge in [-0.1, -0.05) is 23.8 Å². The van der Waals surface area contributed by atoms with Crippen LogP contribution in [0.25, 0.3) is 0 Å². The van der Waals surface area contributed by atoms with E-state index in [-0.39, 0.29) is 4.90 Å². The molecule has 0 heterocycles. The smallest absolute Gasteiger partial charge is 0.276 e. The summed E-state index contributed by atoms with van der Waals surface area (Å²) < 4.78 is 24.5. The van der Waals surface area contributed by atoms with Gasteiger partial charge in [0.1, 0.15) is 0 Å². The molecule has 5 nitrogen and oxygen atoms in total. The van der Waals surface area contributed by atoms with Crippen molar-refractivity contribution >= 4 is 15.7 Å². The fourth-order valence-electron chi connectivity index (χ4n) is 2.54. The molecule has 0 unspecified atom stereocenters. The van der Waals surface area contributed by atoms with Crippen LogP contribution < -0.4 is 4.83 Å². The number of hydrogen-bond acceptors (Lipinski definition) is 4. The van der Waals surface area contributed by atoms with Crippen LogP contribution in [-0.4, -0.2) is 25.3 Å². The van der Waals surface area contributed by atoms with Crippen molar-refractivity contribution in [2.45, 2.75) is 44.1 Å². The molecule has 1 saturated carbocycles. The van der Waals surface area contributed by atoms with Gasteiger partial charge in [0.25, 0.3) is 10.0 Å². The zero-order valence-corrected chi connectivity index (χ0v) is 13.7. The minimum absolute atomic E-state index is 0.166. The first-order chi connectivity index (χ1) is 10.3. The summed E-state index contributed by atoms with van der Waals surface area (Å²) in [6.45, 7) is 7.47. The molecule has 1 aromatic rings. The van der Waals surface area contributed by atoms with E-state index in [2.05, 4.69) is 16.5 Å². The Morgan fingerprint density at radius 3 is 2.64 bits per heavy atom. The number of benzene rings is 1. The van der Waals surface area contributed by atoms with Crippen LogP contribution >= 0.6 is 0 Å². The van der Waals surface area contributed by atoms with Crippen LogP contribution in [0.4, 0.5) is 0 Å². The van der Waals surface area contributed by atoms with Gasteiger partial charge in [0, 0.05) is 0 Å². The Morgan fingerprint density at radius 1 is 1.41 bits per heavy atom. The molecule has 6 heteroatoms. The minimum atomic E-state index is -3.71. The van der Waals surface area contributed by atoms with Gasteiger partial charge in [-0.3, -0.25) is 0 Å². The molecular weight excluding hydrogens is 300 g/mol. The van der Waals surface area contributed by atoms with E-state index in [0.29, 0.717) is 18.6 Å². The highest BCUT2D eigenvalue weighted by molar-refractivity contribution is 7.89. The summed E-state index contributed by atoms with van der Waals surface area (Å²) in [5, 5.41) is 14.2. The summed E-state index contributed by atoms with van der Waals surface area (Å²) in [7, 11) is -3.71. The van der Waals surface area contributed by atoms with Gasteiger partial charge < -0.3 is 5.11 Å². The van der Waals surface area contributed by atoms with Crippen molar-refractivity contribution in [3.05, 3.63) is 42.5 Å². The van der Waals surface area contributed by atoms with Gasteiger partial charge in [-0.25, -0.2) is 4.83 Å². The van der Waals surface area contributed by atoms with Crippen LogP contribution in [0.15, 0.2) is 46.9 Å². The second-order valence-electron chi connectivity index (χ2n) is 5.86. The van der Waals surface area contributed by atoms with E-state index in [1.165, 1.54) is 0 Å². The molecule has 0 spiro atoms. The fraction of sp³-hybridized carbons (Fsp3) is 0.438. The first-order valence-corrected chi connectivity index (χ1v) is 8.75. The summed E-state index contributed by atoms with van der Waals surface area (Å²) in [4.78, 5) is 2.44. The summed E-state index contributed by atoms with van der Waals surface area (Å²) >= 11 is 0. The number of hydrogen-bond donors (Lipinski definition) is 2. The number of aliphatic hydroxyl groups excluding tert-OH is 1. The van der Waals surface area contributed by atoms with E-state index in [0.717, 1.165) is 12.0 Å². The molecule has 120 valence electrons. The monoisotopic (exact) mass is 322 g/mol. The van der Waals surface area contributed by atoms with Crippen molar-refractivity contribution in [2.75, 3.05) is 0 Å². The van der Waals surface area contributed by atoms with E-state index in [4.69, 9.17) is 0 Å². The van der Waals surface area contributed by atoms with Crippen LogP contribution in [0.3, 0.4) is 0 Å². The van der Waals surface area contributed by atoms with E-state index in [1.54, 1.807) is 30.3 Å². The number of aliphatic hydroxyl groups is 1. The third-order valence-electron chi connectivity index (χ3n) is 4.26. The van der Waals surface area contributed by atoms with Crippen LogP contribution in [0.2, 0.25) is 0 Å². The molecule has 0 aromatic heterocycles. The molecule has 1 aliphatic rings. The molecular formula is C16H22N2O3S. The van der Waals surface area contributed by atoms with Crippen molar-refractivity contribution in [1.82, 2.24) is 4.83 Å². The highest BCUT2D eigenvalue weighted by Gasteiger charge is 2.38. The van der Waals surface area contributed by atoms with Crippen molar-refractivity contribution in [1.29, 1.82) is 0 Å². The molecule has 2 rings (SSSR count). The van der Waals surface area contributed by atoms with E-state index in [1.807, 2.05) is 13.8 Å². The largest absolute Gasteiger partial charge is 0.392 e. The average molecular weight is 322 g/mol. The third kappa shape index (κ3) is 3.23. The molecule has 1 fully saturated rings. The van der Waals surface area contributed by atoms with E-state index < -0.39 is 21.5 Å². The average Bonchev–Trinajstić information content (AvgIpc) is 2.49. The molecule has 1 aromatic carbocycles. The van der Waals surface area contributed by atoms with Gasteiger partial charge in [0.05, 0.1) is 22.1 Å². The van der Waals surface area contributed by atoms with E-state index in [9.17, 15) is 13.5 Å². The topological polar surface area (TPSA) is 78.8 Å². The van der Waals surface area contributed by atoms with Crippen LogP contribution in [0.5, 0.6) is 0 Å². The number of rotatable bonds is 4. The number of nitrogens with one attached hydrogen (secondary N) is 1. The van der Waals surface area contributed by atoms with E-state index >= 15 is 0 Å². The molecule has 0 bridgehead atoms. The Bertz CT molecular complexity index is 680. The summed E-state index contributed by atoms with van der Waals surface area (Å²) in [5.74, 6) is 0. The van der Waals surface area contributed by atoms with Crippen molar-refractivity contribution in [3.63, 3.8) is 0 Å². The number of sulfonamides is 1. The second-order valence-corrected chi connectivity index (χ2v) is 7.52. The highest BCUT2D eigenvalue weighted by Crippen LogP contribution is 2.35. The summed E-state index contributed by atoms with van der Waals surface area (Å²) in [6, 6.07) is 6.56. The molecule has 0 saturated heterocycles. The lowest BCUT2D eigenvalue weighted by Gasteiger charge is -2.36. The lowest BCUT2D eigenvalue weighted by molar-refractivity contribution is 0.0883. The third-order valence-corrected chi connectivity index (χ3v) is 5.49. The molecule has 22 heavy (non-hydrogen) atoms. The van der Waals surface area contributed by atoms with Crippen LogP contribution in [-0.2, 0) is 10.0 Å². The van der Waals surface area contributed by atoms with Gasteiger partial charge in [-0.2, -0.15) is 13.5 Å². The lowest BCUT2D eigenvalue weighted by Crippen LogP contribution is -2.42. The molecule has 0 amide bonds. The Morgan fingerprint density at radius 2 is 2.05 bits per heavy atom. The molecule has 0 radical (unpaired) electrons. The first kappa shape index (κ1) is 16.7. The maximum atomic E-state index is 12.3. The molecule has 2 N–H and O–H groups in total. The lowest BCUT2D eigenvalue weighted by atomic mass is 9.72. The number of hydrazone groups is 1. The van der Waals surface area contributed by atoms with Gasteiger partial charge in [0.2, 0.25) is 0 Å². The quantitative estimate of drug-likeness (QED) is 0.660. The maximum Gasteiger partial charge on any atom is 0.276 e. The Kier molecular flexibility index (Phi) is 4.72. The van der Waals surface area contributed by atoms with Crippen molar-refractivity contribution in [3.8, 4) is 0 Å². The van der Waals surface area contributed by atoms with Gasteiger partial charge >= 0.3 is 0 Å². The maximum absolute atomic E-state index is 12.3. The predicted octanol–water partition coefficient (Wildman–Crippen LogP) is 2.37. The predicted molar refractivity (Wildman–Crippen MR) is 87.1 cm³/mol.